The second kappa shape index (κ2) is 8.55. The molecule has 0 spiro atoms. The van der Waals surface area contributed by atoms with Crippen LogP contribution in [0.15, 0.2) is 47.4 Å². The maximum absolute atomic E-state index is 13.9. The normalized spacial score (nSPS) is 16.3. The van der Waals surface area contributed by atoms with Gasteiger partial charge < -0.3 is 4.90 Å². The Morgan fingerprint density at radius 2 is 1.71 bits per heavy atom. The van der Waals surface area contributed by atoms with Crippen molar-refractivity contribution in [2.75, 3.05) is 38.6 Å². The molecule has 1 heterocycles. The lowest BCUT2D eigenvalue weighted by molar-refractivity contribution is 0.246. The van der Waals surface area contributed by atoms with Gasteiger partial charge in [0.15, 0.2) is 0 Å². The summed E-state index contributed by atoms with van der Waals surface area (Å²) in [6, 6.07) is 10.3. The van der Waals surface area contributed by atoms with Gasteiger partial charge in [0.05, 0.1) is 0 Å². The van der Waals surface area contributed by atoms with Crippen LogP contribution in [0.4, 0.5) is 14.5 Å². The molecule has 1 saturated heterocycles. The first-order valence-electron chi connectivity index (χ1n) is 9.24. The van der Waals surface area contributed by atoms with E-state index in [4.69, 9.17) is 0 Å². The van der Waals surface area contributed by atoms with E-state index in [2.05, 4.69) is 9.62 Å². The van der Waals surface area contributed by atoms with Gasteiger partial charge in [-0.2, -0.15) is 0 Å². The molecular formula is C20H25F2N3O2S. The molecule has 1 atom stereocenters. The van der Waals surface area contributed by atoms with Crippen molar-refractivity contribution in [3.8, 4) is 0 Å². The zero-order valence-corrected chi connectivity index (χ0v) is 16.8. The van der Waals surface area contributed by atoms with Crippen LogP contribution in [0, 0.1) is 11.6 Å². The summed E-state index contributed by atoms with van der Waals surface area (Å²) in [5, 5.41) is 0. The lowest BCUT2D eigenvalue weighted by atomic mass is 10.1. The monoisotopic (exact) mass is 409 g/mol. The van der Waals surface area contributed by atoms with Crippen LogP contribution >= 0.6 is 0 Å². The number of likely N-dealkylation sites (tertiary alicyclic amines) is 1. The Kier molecular flexibility index (Phi) is 6.32. The number of rotatable bonds is 7. The number of hydrogen-bond acceptors (Lipinski definition) is 4. The fourth-order valence-electron chi connectivity index (χ4n) is 3.47. The van der Waals surface area contributed by atoms with Gasteiger partial charge in [-0.15, -0.1) is 0 Å². The van der Waals surface area contributed by atoms with Crippen LogP contribution in [-0.4, -0.2) is 47.0 Å². The number of nitrogens with one attached hydrogen (secondary N) is 1. The van der Waals surface area contributed by atoms with Gasteiger partial charge in [-0.05, 0) is 55.8 Å². The van der Waals surface area contributed by atoms with Crippen molar-refractivity contribution in [3.63, 3.8) is 0 Å². The summed E-state index contributed by atoms with van der Waals surface area (Å²) in [5.41, 5.74) is 2.05. The van der Waals surface area contributed by atoms with Gasteiger partial charge in [-0.3, -0.25) is 4.90 Å². The maximum atomic E-state index is 13.9. The molecular weight excluding hydrogens is 384 g/mol. The standard InChI is InChI=1S/C20H25F2N3O2S/c1-24(2)17-8-5-15(6-9-17)19(25-11-3-4-12-25)14-23-28(26,27)20-10-7-16(21)13-18(20)22/h5-10,13,19,23H,3-4,11-12,14H2,1-2H3. The molecule has 0 amide bonds. The van der Waals surface area contributed by atoms with E-state index in [0.717, 1.165) is 49.3 Å². The lowest BCUT2D eigenvalue weighted by Crippen LogP contribution is -2.37. The highest BCUT2D eigenvalue weighted by atomic mass is 32.2. The first kappa shape index (κ1) is 20.7. The predicted molar refractivity (Wildman–Crippen MR) is 106 cm³/mol. The van der Waals surface area contributed by atoms with Crippen LogP contribution in [0.25, 0.3) is 0 Å². The van der Waals surface area contributed by atoms with E-state index in [1.54, 1.807) is 0 Å². The van der Waals surface area contributed by atoms with E-state index in [1.807, 2.05) is 43.3 Å². The predicted octanol–water partition coefficient (Wildman–Crippen LogP) is 3.15. The molecule has 2 aromatic rings. The number of halogens is 2. The molecule has 0 aromatic heterocycles. The lowest BCUT2D eigenvalue weighted by Gasteiger charge is -2.28. The van der Waals surface area contributed by atoms with Crippen molar-refractivity contribution in [1.82, 2.24) is 9.62 Å². The Morgan fingerprint density at radius 3 is 2.29 bits per heavy atom. The van der Waals surface area contributed by atoms with Crippen LogP contribution in [0.2, 0.25) is 0 Å². The van der Waals surface area contributed by atoms with Crippen molar-refractivity contribution in [2.24, 2.45) is 0 Å². The van der Waals surface area contributed by atoms with Crippen molar-refractivity contribution >= 4 is 15.7 Å². The Hall–Kier alpha value is -2.03. The molecule has 152 valence electrons. The molecule has 1 aliphatic rings. The highest BCUT2D eigenvalue weighted by Gasteiger charge is 2.27. The number of hydrogen-bond donors (Lipinski definition) is 1. The molecule has 5 nitrogen and oxygen atoms in total. The highest BCUT2D eigenvalue weighted by Crippen LogP contribution is 2.27. The third-order valence-electron chi connectivity index (χ3n) is 5.03. The van der Waals surface area contributed by atoms with E-state index in [0.29, 0.717) is 6.07 Å². The maximum Gasteiger partial charge on any atom is 0.243 e. The van der Waals surface area contributed by atoms with Crippen molar-refractivity contribution in [1.29, 1.82) is 0 Å². The molecule has 2 aromatic carbocycles. The third-order valence-corrected chi connectivity index (χ3v) is 6.48. The number of nitrogens with zero attached hydrogens (tertiary/aromatic N) is 2. The molecule has 0 aliphatic carbocycles. The van der Waals surface area contributed by atoms with Crippen LogP contribution in [0.5, 0.6) is 0 Å². The second-order valence-electron chi connectivity index (χ2n) is 7.17. The molecule has 0 bridgehead atoms. The number of anilines is 1. The van der Waals surface area contributed by atoms with Gasteiger partial charge >= 0.3 is 0 Å². The molecule has 28 heavy (non-hydrogen) atoms. The highest BCUT2D eigenvalue weighted by molar-refractivity contribution is 7.89. The van der Waals surface area contributed by atoms with Crippen molar-refractivity contribution in [2.45, 2.75) is 23.8 Å². The minimum atomic E-state index is -4.09. The van der Waals surface area contributed by atoms with E-state index < -0.39 is 26.6 Å². The summed E-state index contributed by atoms with van der Waals surface area (Å²) >= 11 is 0. The smallest absolute Gasteiger partial charge is 0.243 e. The molecule has 1 fully saturated rings. The summed E-state index contributed by atoms with van der Waals surface area (Å²) < 4.78 is 54.7. The summed E-state index contributed by atoms with van der Waals surface area (Å²) in [7, 11) is -0.175. The topological polar surface area (TPSA) is 52.7 Å². The number of benzene rings is 2. The van der Waals surface area contributed by atoms with Crippen LogP contribution in [0.1, 0.15) is 24.4 Å². The molecule has 1 N–H and O–H groups in total. The quantitative estimate of drug-likeness (QED) is 0.763. The minimum absolute atomic E-state index is 0.112. The molecule has 8 heteroatoms. The largest absolute Gasteiger partial charge is 0.378 e. The fourth-order valence-corrected chi connectivity index (χ4v) is 4.56. The summed E-state index contributed by atoms with van der Waals surface area (Å²) in [5.74, 6) is -1.91. The summed E-state index contributed by atoms with van der Waals surface area (Å²) in [4.78, 5) is 3.68. The van der Waals surface area contributed by atoms with E-state index >= 15 is 0 Å². The Labute approximate surface area is 165 Å². The summed E-state index contributed by atoms with van der Waals surface area (Å²) in [6.45, 7) is 1.87. The van der Waals surface area contributed by atoms with Crippen molar-refractivity contribution < 1.29 is 17.2 Å². The first-order valence-corrected chi connectivity index (χ1v) is 10.7. The van der Waals surface area contributed by atoms with Gasteiger partial charge in [-0.25, -0.2) is 21.9 Å². The molecule has 0 radical (unpaired) electrons. The van der Waals surface area contributed by atoms with Gasteiger partial charge in [0, 0.05) is 38.4 Å². The minimum Gasteiger partial charge on any atom is -0.378 e. The zero-order valence-electron chi connectivity index (χ0n) is 16.0. The average molecular weight is 410 g/mol. The Bertz CT molecular complexity index is 912. The van der Waals surface area contributed by atoms with Crippen LogP contribution in [-0.2, 0) is 10.0 Å². The Balaban J connectivity index is 1.81. The summed E-state index contributed by atoms with van der Waals surface area (Å²) in [6.07, 6.45) is 2.12. The number of sulfonamides is 1. The van der Waals surface area contributed by atoms with E-state index in [1.165, 1.54) is 0 Å². The second-order valence-corrected chi connectivity index (χ2v) is 8.91. The SMILES string of the molecule is CN(C)c1ccc(C(CNS(=O)(=O)c2ccc(F)cc2F)N2CCCC2)cc1. The average Bonchev–Trinajstić information content (AvgIpc) is 3.16. The first-order chi connectivity index (χ1) is 13.3. The van der Waals surface area contributed by atoms with Crippen LogP contribution in [0.3, 0.4) is 0 Å². The van der Waals surface area contributed by atoms with E-state index in [9.17, 15) is 17.2 Å². The van der Waals surface area contributed by atoms with Gasteiger partial charge in [-0.1, -0.05) is 12.1 Å². The molecule has 1 aliphatic heterocycles. The van der Waals surface area contributed by atoms with Gasteiger partial charge in [0.25, 0.3) is 0 Å². The van der Waals surface area contributed by atoms with Crippen LogP contribution < -0.4 is 9.62 Å². The van der Waals surface area contributed by atoms with Gasteiger partial charge in [0.1, 0.15) is 16.5 Å². The molecule has 0 saturated carbocycles. The van der Waals surface area contributed by atoms with Crippen molar-refractivity contribution in [3.05, 3.63) is 59.7 Å². The zero-order chi connectivity index (χ0) is 20.3. The fraction of sp³-hybridized carbons (Fsp3) is 0.400. The molecule has 1 unspecified atom stereocenters. The third kappa shape index (κ3) is 4.68. The van der Waals surface area contributed by atoms with E-state index in [-0.39, 0.29) is 12.6 Å². The Morgan fingerprint density at radius 1 is 1.07 bits per heavy atom. The van der Waals surface area contributed by atoms with Gasteiger partial charge in [0.2, 0.25) is 10.0 Å². The molecule has 3 rings (SSSR count).